The number of nitrogens with one attached hydrogen (secondary N) is 2. The molecule has 18 heavy (non-hydrogen) atoms. The second-order valence-corrected chi connectivity index (χ2v) is 6.08. The van der Waals surface area contributed by atoms with Crippen molar-refractivity contribution in [3.63, 3.8) is 0 Å². The lowest BCUT2D eigenvalue weighted by molar-refractivity contribution is 0.456. The smallest absolute Gasteiger partial charge is 0.0523 e. The largest absolute Gasteiger partial charge is 0.399 e. The van der Waals surface area contributed by atoms with Gasteiger partial charge in [0.1, 0.15) is 0 Å². The third kappa shape index (κ3) is 1.43. The van der Waals surface area contributed by atoms with Crippen molar-refractivity contribution in [2.45, 2.75) is 18.5 Å². The van der Waals surface area contributed by atoms with Crippen LogP contribution in [0.1, 0.15) is 28.1 Å². The molecule has 2 aliphatic rings. The van der Waals surface area contributed by atoms with Crippen LogP contribution >= 0.6 is 11.3 Å². The summed E-state index contributed by atoms with van der Waals surface area (Å²) in [7, 11) is 0. The number of anilines is 1. The molecule has 0 radical (unpaired) electrons. The van der Waals surface area contributed by atoms with Crippen LogP contribution in [0.4, 0.5) is 5.69 Å². The van der Waals surface area contributed by atoms with Gasteiger partial charge in [-0.2, -0.15) is 0 Å². The molecule has 4 rings (SSSR count). The third-order valence-electron chi connectivity index (χ3n) is 4.08. The first kappa shape index (κ1) is 10.6. The van der Waals surface area contributed by atoms with Crippen LogP contribution in [0.5, 0.6) is 0 Å². The average molecular weight is 257 g/mol. The molecule has 2 heterocycles. The molecule has 0 amide bonds. The van der Waals surface area contributed by atoms with Gasteiger partial charge in [-0.15, -0.1) is 11.3 Å². The summed E-state index contributed by atoms with van der Waals surface area (Å²) in [6.07, 6.45) is 1.17. The highest BCUT2D eigenvalue weighted by Gasteiger charge is 2.43. The van der Waals surface area contributed by atoms with Crippen LogP contribution in [0.3, 0.4) is 0 Å². The van der Waals surface area contributed by atoms with E-state index in [0.29, 0.717) is 18.0 Å². The summed E-state index contributed by atoms with van der Waals surface area (Å²) in [6, 6.07) is 11.3. The lowest BCUT2D eigenvalue weighted by atomic mass is 9.90. The van der Waals surface area contributed by atoms with E-state index in [-0.39, 0.29) is 0 Å². The maximum absolute atomic E-state index is 5.75. The molecule has 3 unspecified atom stereocenters. The van der Waals surface area contributed by atoms with Crippen LogP contribution in [0.25, 0.3) is 0 Å². The van der Waals surface area contributed by atoms with Gasteiger partial charge in [-0.3, -0.25) is 0 Å². The Labute approximate surface area is 110 Å². The maximum Gasteiger partial charge on any atom is 0.0523 e. The highest BCUT2D eigenvalue weighted by molar-refractivity contribution is 7.10. The van der Waals surface area contributed by atoms with Crippen LogP contribution in [-0.2, 0) is 6.42 Å². The lowest BCUT2D eigenvalue weighted by Crippen LogP contribution is -2.27. The molecule has 1 saturated heterocycles. The third-order valence-corrected chi connectivity index (χ3v) is 5.04. The van der Waals surface area contributed by atoms with E-state index >= 15 is 0 Å². The highest BCUT2D eigenvalue weighted by atomic mass is 32.1. The van der Waals surface area contributed by atoms with Gasteiger partial charge in [0.2, 0.25) is 0 Å². The molecule has 1 fully saturated rings. The minimum Gasteiger partial charge on any atom is -0.399 e. The van der Waals surface area contributed by atoms with Crippen LogP contribution in [0, 0.1) is 5.92 Å². The molecule has 1 aromatic heterocycles. The molecule has 1 aromatic carbocycles. The maximum atomic E-state index is 5.75. The van der Waals surface area contributed by atoms with Gasteiger partial charge in [0.25, 0.3) is 0 Å². The van der Waals surface area contributed by atoms with Gasteiger partial charge >= 0.3 is 0 Å². The number of hydrazine groups is 1. The summed E-state index contributed by atoms with van der Waals surface area (Å²) in [5.74, 6) is 0.621. The van der Waals surface area contributed by atoms with E-state index in [1.165, 1.54) is 17.5 Å². The van der Waals surface area contributed by atoms with Gasteiger partial charge < -0.3 is 5.73 Å². The van der Waals surface area contributed by atoms with E-state index in [1.54, 1.807) is 4.88 Å². The van der Waals surface area contributed by atoms with E-state index < -0.39 is 0 Å². The lowest BCUT2D eigenvalue weighted by Gasteiger charge is -2.17. The number of rotatable bonds is 1. The number of nitrogen functional groups attached to an aromatic ring is 1. The molecule has 0 bridgehead atoms. The summed E-state index contributed by atoms with van der Waals surface area (Å²) in [4.78, 5) is 1.54. The predicted octanol–water partition coefficient (Wildman–Crippen LogP) is 2.39. The Morgan fingerprint density at radius 2 is 1.83 bits per heavy atom. The average Bonchev–Trinajstić information content (AvgIpc) is 3.01. The molecule has 0 saturated carbocycles. The Hall–Kier alpha value is -1.36. The second-order valence-electron chi connectivity index (χ2n) is 5.08. The molecule has 92 valence electrons. The summed E-state index contributed by atoms with van der Waals surface area (Å²) in [5, 5.41) is 2.19. The van der Waals surface area contributed by atoms with Gasteiger partial charge in [-0.25, -0.2) is 10.9 Å². The Morgan fingerprint density at radius 1 is 1.06 bits per heavy atom. The van der Waals surface area contributed by atoms with Crippen molar-refractivity contribution < 1.29 is 0 Å². The number of hydrogen-bond acceptors (Lipinski definition) is 4. The minimum atomic E-state index is 0.384. The SMILES string of the molecule is Nc1ccc(C2NNC3c4ccsc4CC23)cc1. The standard InChI is InChI=1S/C14H15N3S/c15-9-3-1-8(2-4-9)13-11-7-12-10(5-6-18-12)14(11)17-16-13/h1-6,11,13-14,16-17H,7,15H2. The van der Waals surface area contributed by atoms with Crippen LogP contribution in [0.2, 0.25) is 0 Å². The Morgan fingerprint density at radius 3 is 2.67 bits per heavy atom. The van der Waals surface area contributed by atoms with Crippen LogP contribution in [0.15, 0.2) is 35.7 Å². The number of hydrogen-bond donors (Lipinski definition) is 3. The summed E-state index contributed by atoms with van der Waals surface area (Å²) >= 11 is 1.88. The molecular formula is C14H15N3S. The molecular weight excluding hydrogens is 242 g/mol. The minimum absolute atomic E-state index is 0.384. The van der Waals surface area contributed by atoms with Crippen LogP contribution in [-0.4, -0.2) is 0 Å². The van der Waals surface area contributed by atoms with E-state index in [4.69, 9.17) is 5.73 Å². The Bertz CT molecular complexity index is 575. The highest BCUT2D eigenvalue weighted by Crippen LogP contribution is 2.47. The first-order valence-corrected chi connectivity index (χ1v) is 7.13. The zero-order chi connectivity index (χ0) is 12.1. The van der Waals surface area contributed by atoms with Crippen molar-refractivity contribution in [2.75, 3.05) is 5.73 Å². The van der Waals surface area contributed by atoms with Gasteiger partial charge in [0.15, 0.2) is 0 Å². The van der Waals surface area contributed by atoms with Crippen molar-refractivity contribution in [3.05, 3.63) is 51.7 Å². The molecule has 0 spiro atoms. The topological polar surface area (TPSA) is 50.1 Å². The molecule has 4 N–H and O–H groups in total. The number of fused-ring (bicyclic) bond motifs is 3. The van der Waals surface area contributed by atoms with E-state index in [0.717, 1.165) is 5.69 Å². The number of thiophene rings is 1. The number of benzene rings is 1. The monoisotopic (exact) mass is 257 g/mol. The van der Waals surface area contributed by atoms with E-state index in [2.05, 4.69) is 34.4 Å². The van der Waals surface area contributed by atoms with Crippen molar-refractivity contribution >= 4 is 17.0 Å². The van der Waals surface area contributed by atoms with Crippen molar-refractivity contribution in [1.29, 1.82) is 0 Å². The van der Waals surface area contributed by atoms with Gasteiger partial charge in [-0.1, -0.05) is 12.1 Å². The zero-order valence-corrected chi connectivity index (χ0v) is 10.7. The molecule has 1 aliphatic carbocycles. The molecule has 3 atom stereocenters. The predicted molar refractivity (Wildman–Crippen MR) is 74.1 cm³/mol. The molecule has 1 aliphatic heterocycles. The fourth-order valence-corrected chi connectivity index (χ4v) is 4.17. The fraction of sp³-hybridized carbons (Fsp3) is 0.286. The fourth-order valence-electron chi connectivity index (χ4n) is 3.17. The van der Waals surface area contributed by atoms with E-state index in [9.17, 15) is 0 Å². The van der Waals surface area contributed by atoms with Crippen molar-refractivity contribution in [2.24, 2.45) is 5.92 Å². The van der Waals surface area contributed by atoms with Crippen molar-refractivity contribution in [3.8, 4) is 0 Å². The first-order chi connectivity index (χ1) is 8.83. The Kier molecular flexibility index (Phi) is 2.24. The number of nitrogens with two attached hydrogens (primary N) is 1. The van der Waals surface area contributed by atoms with E-state index in [1.807, 2.05) is 23.5 Å². The summed E-state index contributed by atoms with van der Waals surface area (Å²) in [5.41, 5.74) is 16.3. The first-order valence-electron chi connectivity index (χ1n) is 6.26. The van der Waals surface area contributed by atoms with Crippen LogP contribution < -0.4 is 16.6 Å². The quantitative estimate of drug-likeness (QED) is 0.688. The molecule has 2 aromatic rings. The molecule has 4 heteroatoms. The zero-order valence-electron chi connectivity index (χ0n) is 9.89. The second kappa shape index (κ2) is 3.82. The van der Waals surface area contributed by atoms with Gasteiger partial charge in [0, 0.05) is 16.5 Å². The Balaban J connectivity index is 1.66. The van der Waals surface area contributed by atoms with Gasteiger partial charge in [0.05, 0.1) is 12.1 Å². The van der Waals surface area contributed by atoms with Gasteiger partial charge in [-0.05, 0) is 41.1 Å². The summed E-state index contributed by atoms with van der Waals surface area (Å²) < 4.78 is 0. The van der Waals surface area contributed by atoms with Crippen molar-refractivity contribution in [1.82, 2.24) is 10.9 Å². The normalized spacial score (nSPS) is 29.2. The molecule has 3 nitrogen and oxygen atoms in total. The summed E-state index contributed by atoms with van der Waals surface area (Å²) in [6.45, 7) is 0.